The summed E-state index contributed by atoms with van der Waals surface area (Å²) in [5.41, 5.74) is 1.67. The van der Waals surface area contributed by atoms with Crippen molar-refractivity contribution in [2.24, 2.45) is 5.92 Å². The SMILES string of the molecule is CC(C)c1noc(CC2CCN(C(=O)c3cc4ccccc4[nH]3)CC2)n1. The lowest BCUT2D eigenvalue weighted by Crippen LogP contribution is -2.39. The van der Waals surface area contributed by atoms with Crippen molar-refractivity contribution in [2.75, 3.05) is 13.1 Å². The van der Waals surface area contributed by atoms with E-state index in [0.717, 1.165) is 49.1 Å². The fourth-order valence-electron chi connectivity index (χ4n) is 3.53. The average molecular weight is 352 g/mol. The monoisotopic (exact) mass is 352 g/mol. The Labute approximate surface area is 152 Å². The summed E-state index contributed by atoms with van der Waals surface area (Å²) in [6.07, 6.45) is 2.73. The van der Waals surface area contributed by atoms with E-state index in [2.05, 4.69) is 29.0 Å². The van der Waals surface area contributed by atoms with Crippen LogP contribution < -0.4 is 0 Å². The highest BCUT2D eigenvalue weighted by molar-refractivity contribution is 5.98. The summed E-state index contributed by atoms with van der Waals surface area (Å²) in [4.78, 5) is 22.4. The predicted molar refractivity (Wildman–Crippen MR) is 99.0 cm³/mol. The molecular formula is C20H24N4O2. The predicted octanol–water partition coefficient (Wildman–Crippen LogP) is 3.77. The first kappa shape index (κ1) is 16.8. The highest BCUT2D eigenvalue weighted by atomic mass is 16.5. The topological polar surface area (TPSA) is 75.0 Å². The summed E-state index contributed by atoms with van der Waals surface area (Å²) < 4.78 is 5.36. The highest BCUT2D eigenvalue weighted by Crippen LogP contribution is 2.24. The zero-order chi connectivity index (χ0) is 18.1. The molecule has 6 nitrogen and oxygen atoms in total. The highest BCUT2D eigenvalue weighted by Gasteiger charge is 2.26. The van der Waals surface area contributed by atoms with Crippen LogP contribution >= 0.6 is 0 Å². The van der Waals surface area contributed by atoms with Gasteiger partial charge in [-0.2, -0.15) is 4.98 Å². The standard InChI is InChI=1S/C20H24N4O2/c1-13(2)19-22-18(26-23-19)11-14-7-9-24(10-8-14)20(25)17-12-15-5-3-4-6-16(15)21-17/h3-6,12-14,21H,7-11H2,1-2H3. The third-order valence-electron chi connectivity index (χ3n) is 5.13. The summed E-state index contributed by atoms with van der Waals surface area (Å²) in [5, 5.41) is 5.10. The number of amides is 1. The zero-order valence-electron chi connectivity index (χ0n) is 15.2. The third kappa shape index (κ3) is 3.36. The van der Waals surface area contributed by atoms with Crippen LogP contribution in [0.15, 0.2) is 34.9 Å². The molecule has 1 aliphatic heterocycles. The lowest BCUT2D eigenvalue weighted by molar-refractivity contribution is 0.0682. The number of fused-ring (bicyclic) bond motifs is 1. The second kappa shape index (κ2) is 6.94. The number of hydrogen-bond acceptors (Lipinski definition) is 4. The maximum absolute atomic E-state index is 12.8. The number of aromatic nitrogens is 3. The quantitative estimate of drug-likeness (QED) is 0.775. The van der Waals surface area contributed by atoms with Crippen molar-refractivity contribution in [3.05, 3.63) is 47.7 Å². The van der Waals surface area contributed by atoms with Crippen molar-refractivity contribution in [1.82, 2.24) is 20.0 Å². The van der Waals surface area contributed by atoms with Gasteiger partial charge >= 0.3 is 0 Å². The van der Waals surface area contributed by atoms with Crippen LogP contribution in [0.4, 0.5) is 0 Å². The maximum atomic E-state index is 12.8. The number of benzene rings is 1. The molecule has 4 rings (SSSR count). The summed E-state index contributed by atoms with van der Waals surface area (Å²) in [5.74, 6) is 2.34. The smallest absolute Gasteiger partial charge is 0.270 e. The van der Waals surface area contributed by atoms with E-state index in [4.69, 9.17) is 4.52 Å². The van der Waals surface area contributed by atoms with Gasteiger partial charge in [-0.25, -0.2) is 0 Å². The molecule has 1 saturated heterocycles. The van der Waals surface area contributed by atoms with Gasteiger partial charge in [-0.3, -0.25) is 4.79 Å². The Morgan fingerprint density at radius 1 is 1.31 bits per heavy atom. The molecule has 0 saturated carbocycles. The van der Waals surface area contributed by atoms with E-state index in [1.165, 1.54) is 0 Å². The number of likely N-dealkylation sites (tertiary alicyclic amines) is 1. The van der Waals surface area contributed by atoms with Crippen LogP contribution in [0, 0.1) is 5.92 Å². The molecule has 1 aliphatic rings. The molecule has 2 aromatic heterocycles. The minimum absolute atomic E-state index is 0.0829. The van der Waals surface area contributed by atoms with Gasteiger partial charge in [0.1, 0.15) is 5.69 Å². The van der Waals surface area contributed by atoms with E-state index in [-0.39, 0.29) is 11.8 Å². The van der Waals surface area contributed by atoms with Gasteiger partial charge in [0.05, 0.1) is 0 Å². The van der Waals surface area contributed by atoms with Gasteiger partial charge in [-0.05, 0) is 30.9 Å². The lowest BCUT2D eigenvalue weighted by atomic mass is 9.93. The Morgan fingerprint density at radius 3 is 2.77 bits per heavy atom. The first-order valence-corrected chi connectivity index (χ1v) is 9.29. The molecule has 0 bridgehead atoms. The fourth-order valence-corrected chi connectivity index (χ4v) is 3.53. The Kier molecular flexibility index (Phi) is 4.49. The second-order valence-corrected chi connectivity index (χ2v) is 7.41. The number of aromatic amines is 1. The molecule has 0 aliphatic carbocycles. The van der Waals surface area contributed by atoms with Gasteiger partial charge in [-0.15, -0.1) is 0 Å². The summed E-state index contributed by atoms with van der Waals surface area (Å²) >= 11 is 0. The van der Waals surface area contributed by atoms with E-state index in [1.54, 1.807) is 0 Å². The molecule has 1 aromatic carbocycles. The number of nitrogens with one attached hydrogen (secondary N) is 1. The Hall–Kier alpha value is -2.63. The zero-order valence-corrected chi connectivity index (χ0v) is 15.2. The number of hydrogen-bond donors (Lipinski definition) is 1. The molecule has 1 N–H and O–H groups in total. The van der Waals surface area contributed by atoms with Crippen LogP contribution in [0.25, 0.3) is 10.9 Å². The van der Waals surface area contributed by atoms with Crippen molar-refractivity contribution in [1.29, 1.82) is 0 Å². The molecule has 0 unspecified atom stereocenters. The number of H-pyrrole nitrogens is 1. The molecule has 26 heavy (non-hydrogen) atoms. The molecular weight excluding hydrogens is 328 g/mol. The first-order chi connectivity index (χ1) is 12.6. The molecule has 0 atom stereocenters. The van der Waals surface area contributed by atoms with E-state index in [9.17, 15) is 4.79 Å². The Bertz CT molecular complexity index is 870. The van der Waals surface area contributed by atoms with Crippen molar-refractivity contribution < 1.29 is 9.32 Å². The second-order valence-electron chi connectivity index (χ2n) is 7.41. The van der Waals surface area contributed by atoms with Gasteiger partial charge in [0.15, 0.2) is 5.82 Å². The minimum Gasteiger partial charge on any atom is -0.351 e. The van der Waals surface area contributed by atoms with Crippen LogP contribution in [-0.2, 0) is 6.42 Å². The number of piperidine rings is 1. The molecule has 3 heterocycles. The molecule has 136 valence electrons. The maximum Gasteiger partial charge on any atom is 0.270 e. The van der Waals surface area contributed by atoms with E-state index in [1.807, 2.05) is 35.2 Å². The molecule has 0 spiro atoms. The van der Waals surface area contributed by atoms with E-state index < -0.39 is 0 Å². The molecule has 0 radical (unpaired) electrons. The van der Waals surface area contributed by atoms with Gasteiger partial charge in [0.25, 0.3) is 5.91 Å². The number of nitrogens with zero attached hydrogens (tertiary/aromatic N) is 3. The van der Waals surface area contributed by atoms with Crippen molar-refractivity contribution >= 4 is 16.8 Å². The summed E-state index contributed by atoms with van der Waals surface area (Å²) in [6.45, 7) is 5.65. The van der Waals surface area contributed by atoms with Gasteiger partial charge in [-0.1, -0.05) is 37.2 Å². The fraction of sp³-hybridized carbons (Fsp3) is 0.450. The van der Waals surface area contributed by atoms with E-state index in [0.29, 0.717) is 17.5 Å². The Balaban J connectivity index is 1.36. The van der Waals surface area contributed by atoms with Gasteiger partial charge < -0.3 is 14.4 Å². The van der Waals surface area contributed by atoms with Crippen LogP contribution in [0.5, 0.6) is 0 Å². The minimum atomic E-state index is 0.0829. The van der Waals surface area contributed by atoms with E-state index >= 15 is 0 Å². The third-order valence-corrected chi connectivity index (χ3v) is 5.13. The molecule has 6 heteroatoms. The summed E-state index contributed by atoms with van der Waals surface area (Å²) in [6, 6.07) is 9.91. The number of carbonyl (C=O) groups is 1. The van der Waals surface area contributed by atoms with Crippen LogP contribution in [0.2, 0.25) is 0 Å². The van der Waals surface area contributed by atoms with Crippen LogP contribution in [-0.4, -0.2) is 39.0 Å². The number of carbonyl (C=O) groups excluding carboxylic acids is 1. The number of para-hydroxylation sites is 1. The van der Waals surface area contributed by atoms with Crippen LogP contribution in [0.3, 0.4) is 0 Å². The lowest BCUT2D eigenvalue weighted by Gasteiger charge is -2.31. The van der Waals surface area contributed by atoms with Crippen molar-refractivity contribution in [3.8, 4) is 0 Å². The normalized spacial score (nSPS) is 15.9. The Morgan fingerprint density at radius 2 is 2.08 bits per heavy atom. The average Bonchev–Trinajstić information content (AvgIpc) is 3.28. The first-order valence-electron chi connectivity index (χ1n) is 9.29. The molecule has 1 amide bonds. The number of rotatable bonds is 4. The van der Waals surface area contributed by atoms with Gasteiger partial charge in [0.2, 0.25) is 5.89 Å². The molecule has 3 aromatic rings. The molecule has 1 fully saturated rings. The van der Waals surface area contributed by atoms with Gasteiger partial charge in [0, 0.05) is 36.3 Å². The van der Waals surface area contributed by atoms with Crippen molar-refractivity contribution in [3.63, 3.8) is 0 Å². The van der Waals surface area contributed by atoms with Crippen LogP contribution in [0.1, 0.15) is 54.8 Å². The largest absolute Gasteiger partial charge is 0.351 e. The summed E-state index contributed by atoms with van der Waals surface area (Å²) in [7, 11) is 0. The van der Waals surface area contributed by atoms with Crippen molar-refractivity contribution in [2.45, 2.75) is 39.0 Å².